The molecular weight excluding hydrogens is 468 g/mol. The lowest BCUT2D eigenvalue weighted by molar-refractivity contribution is 0.0994. The fourth-order valence-corrected chi connectivity index (χ4v) is 3.94. The first kappa shape index (κ1) is 23.1. The van der Waals surface area contributed by atoms with Gasteiger partial charge in [-0.05, 0) is 57.5 Å². The highest BCUT2D eigenvalue weighted by atomic mass is 35.5. The third-order valence-electron chi connectivity index (χ3n) is 5.44. The van der Waals surface area contributed by atoms with Crippen molar-refractivity contribution in [2.75, 3.05) is 5.32 Å². The molecule has 1 N–H and O–H groups in total. The van der Waals surface area contributed by atoms with E-state index in [1.165, 1.54) is 12.1 Å². The molecule has 4 aromatic rings. The van der Waals surface area contributed by atoms with Crippen LogP contribution in [0.3, 0.4) is 0 Å². The Labute approximate surface area is 200 Å². The van der Waals surface area contributed by atoms with Crippen LogP contribution in [0.5, 0.6) is 0 Å². The van der Waals surface area contributed by atoms with E-state index in [9.17, 15) is 9.18 Å². The highest BCUT2D eigenvalue weighted by molar-refractivity contribution is 6.32. The largest absolute Gasteiger partial charge is 0.454 e. The number of hydrogen-bond donors (Lipinski definition) is 1. The van der Waals surface area contributed by atoms with Crippen molar-refractivity contribution in [2.24, 2.45) is 0 Å². The molecule has 1 amide bonds. The Hall–Kier alpha value is -3.10. The molecule has 0 spiro atoms. The van der Waals surface area contributed by atoms with Gasteiger partial charge in [-0.25, -0.2) is 4.39 Å². The number of benzene rings is 1. The zero-order valence-corrected chi connectivity index (χ0v) is 20.1. The molecule has 7 nitrogen and oxygen atoms in total. The van der Waals surface area contributed by atoms with Crippen LogP contribution >= 0.6 is 23.2 Å². The number of halogens is 3. The monoisotopic (exact) mass is 489 g/mol. The number of furan rings is 1. The van der Waals surface area contributed by atoms with Crippen molar-refractivity contribution in [3.05, 3.63) is 86.1 Å². The predicted molar refractivity (Wildman–Crippen MR) is 125 cm³/mol. The molecule has 0 saturated heterocycles. The summed E-state index contributed by atoms with van der Waals surface area (Å²) in [5.41, 5.74) is 4.26. The first-order valence-electron chi connectivity index (χ1n) is 10.2. The van der Waals surface area contributed by atoms with Gasteiger partial charge in [0.05, 0.1) is 46.6 Å². The molecule has 10 heteroatoms. The van der Waals surface area contributed by atoms with Gasteiger partial charge in [0.1, 0.15) is 11.6 Å². The normalized spacial score (nSPS) is 11.2. The molecule has 0 fully saturated rings. The standard InChI is InChI=1S/C23H22Cl2FN5O2/c1-12-21(25)14(3)31(28-12)11-18-7-8-20(33-18)23(32)27-22-13(2)29-30(15(22)4)10-16-5-6-17(26)9-19(16)24/h5-9H,10-11H2,1-4H3,(H,27,32). The molecule has 0 bridgehead atoms. The van der Waals surface area contributed by atoms with Crippen molar-refractivity contribution in [3.8, 4) is 0 Å². The molecule has 0 saturated carbocycles. The van der Waals surface area contributed by atoms with E-state index in [-0.39, 0.29) is 5.76 Å². The summed E-state index contributed by atoms with van der Waals surface area (Å²) < 4.78 is 22.5. The SMILES string of the molecule is Cc1nn(Cc2ccc(C(=O)Nc3c(C)nn(Cc4ccc(F)cc4Cl)c3C)o2)c(C)c1Cl. The van der Waals surface area contributed by atoms with Gasteiger partial charge in [0.25, 0.3) is 5.91 Å². The van der Waals surface area contributed by atoms with E-state index in [1.807, 2.05) is 20.8 Å². The summed E-state index contributed by atoms with van der Waals surface area (Å²) in [7, 11) is 0. The van der Waals surface area contributed by atoms with E-state index in [1.54, 1.807) is 34.5 Å². The molecule has 0 unspecified atom stereocenters. The van der Waals surface area contributed by atoms with Crippen LogP contribution in [0.1, 0.15) is 44.7 Å². The number of aryl methyl sites for hydroxylation is 2. The highest BCUT2D eigenvalue weighted by Gasteiger charge is 2.19. The Morgan fingerprint density at radius 1 is 1.00 bits per heavy atom. The van der Waals surface area contributed by atoms with Crippen molar-refractivity contribution in [3.63, 3.8) is 0 Å². The molecular formula is C23H22Cl2FN5O2. The number of nitrogens with one attached hydrogen (secondary N) is 1. The Balaban J connectivity index is 1.49. The average molecular weight is 490 g/mol. The highest BCUT2D eigenvalue weighted by Crippen LogP contribution is 2.25. The molecule has 3 aromatic heterocycles. The van der Waals surface area contributed by atoms with Crippen molar-refractivity contribution in [1.82, 2.24) is 19.6 Å². The van der Waals surface area contributed by atoms with Gasteiger partial charge < -0.3 is 9.73 Å². The Morgan fingerprint density at radius 2 is 1.70 bits per heavy atom. The fourth-order valence-electron chi connectivity index (χ4n) is 3.58. The number of carbonyl (C=O) groups is 1. The Morgan fingerprint density at radius 3 is 2.36 bits per heavy atom. The van der Waals surface area contributed by atoms with Crippen molar-refractivity contribution < 1.29 is 13.6 Å². The number of amides is 1. The van der Waals surface area contributed by atoms with E-state index >= 15 is 0 Å². The van der Waals surface area contributed by atoms with Crippen molar-refractivity contribution >= 4 is 34.8 Å². The predicted octanol–water partition coefficient (Wildman–Crippen LogP) is 5.70. The first-order valence-corrected chi connectivity index (χ1v) is 11.0. The van der Waals surface area contributed by atoms with Gasteiger partial charge in [-0.15, -0.1) is 0 Å². The maximum absolute atomic E-state index is 13.3. The van der Waals surface area contributed by atoms with Gasteiger partial charge in [0, 0.05) is 5.02 Å². The van der Waals surface area contributed by atoms with Crippen LogP contribution in [0, 0.1) is 33.5 Å². The summed E-state index contributed by atoms with van der Waals surface area (Å²) in [6.07, 6.45) is 0. The van der Waals surface area contributed by atoms with Crippen LogP contribution in [0.4, 0.5) is 10.1 Å². The average Bonchev–Trinajstić information content (AvgIpc) is 3.40. The van der Waals surface area contributed by atoms with E-state index in [4.69, 9.17) is 27.6 Å². The number of rotatable bonds is 6. The van der Waals surface area contributed by atoms with Gasteiger partial charge in [0.15, 0.2) is 5.76 Å². The van der Waals surface area contributed by atoms with Crippen LogP contribution < -0.4 is 5.32 Å². The maximum Gasteiger partial charge on any atom is 0.291 e. The second kappa shape index (κ2) is 9.03. The van der Waals surface area contributed by atoms with Crippen molar-refractivity contribution in [2.45, 2.75) is 40.8 Å². The molecule has 1 aromatic carbocycles. The third kappa shape index (κ3) is 4.67. The Bertz CT molecular complexity index is 1360. The molecule has 0 aliphatic carbocycles. The minimum Gasteiger partial charge on any atom is -0.454 e. The summed E-state index contributed by atoms with van der Waals surface area (Å²) in [6.45, 7) is 8.06. The lowest BCUT2D eigenvalue weighted by Crippen LogP contribution is -2.13. The zero-order valence-electron chi connectivity index (χ0n) is 18.5. The summed E-state index contributed by atoms with van der Waals surface area (Å²) in [5, 5.41) is 12.7. The van der Waals surface area contributed by atoms with Crippen LogP contribution in [0.15, 0.2) is 34.7 Å². The number of aromatic nitrogens is 4. The van der Waals surface area contributed by atoms with E-state index in [0.29, 0.717) is 40.3 Å². The van der Waals surface area contributed by atoms with E-state index in [2.05, 4.69) is 15.5 Å². The first-order chi connectivity index (χ1) is 15.6. The molecule has 0 radical (unpaired) electrons. The van der Waals surface area contributed by atoms with Gasteiger partial charge in [0.2, 0.25) is 0 Å². The van der Waals surface area contributed by atoms with Crippen LogP contribution in [-0.4, -0.2) is 25.5 Å². The molecule has 172 valence electrons. The zero-order chi connectivity index (χ0) is 23.9. The minimum atomic E-state index is -0.399. The van der Waals surface area contributed by atoms with E-state index in [0.717, 1.165) is 22.6 Å². The number of hydrogen-bond acceptors (Lipinski definition) is 4. The Kier molecular flexibility index (Phi) is 6.32. The number of anilines is 1. The summed E-state index contributed by atoms with van der Waals surface area (Å²) in [6, 6.07) is 7.58. The molecule has 33 heavy (non-hydrogen) atoms. The summed E-state index contributed by atoms with van der Waals surface area (Å²) in [5.74, 6) is -0.0367. The van der Waals surface area contributed by atoms with Crippen LogP contribution in [0.2, 0.25) is 10.0 Å². The smallest absolute Gasteiger partial charge is 0.291 e. The maximum atomic E-state index is 13.3. The van der Waals surface area contributed by atoms with Gasteiger partial charge in [-0.1, -0.05) is 29.3 Å². The number of nitrogens with zero attached hydrogens (tertiary/aromatic N) is 4. The van der Waals surface area contributed by atoms with Gasteiger partial charge in [-0.2, -0.15) is 10.2 Å². The molecule has 4 rings (SSSR count). The summed E-state index contributed by atoms with van der Waals surface area (Å²) in [4.78, 5) is 12.8. The molecule has 3 heterocycles. The molecule has 0 atom stereocenters. The lowest BCUT2D eigenvalue weighted by Gasteiger charge is -2.08. The lowest BCUT2D eigenvalue weighted by atomic mass is 10.2. The van der Waals surface area contributed by atoms with E-state index < -0.39 is 11.7 Å². The fraction of sp³-hybridized carbons (Fsp3) is 0.261. The quantitative estimate of drug-likeness (QED) is 0.376. The van der Waals surface area contributed by atoms with Gasteiger partial charge in [-0.3, -0.25) is 14.2 Å². The topological polar surface area (TPSA) is 77.9 Å². The summed E-state index contributed by atoms with van der Waals surface area (Å²) >= 11 is 12.3. The third-order valence-corrected chi connectivity index (χ3v) is 6.34. The minimum absolute atomic E-state index is 0.172. The number of carbonyl (C=O) groups excluding carboxylic acids is 1. The van der Waals surface area contributed by atoms with Crippen molar-refractivity contribution in [1.29, 1.82) is 0 Å². The second-order valence-corrected chi connectivity index (χ2v) is 8.59. The molecule has 0 aliphatic heterocycles. The molecule has 0 aliphatic rings. The van der Waals surface area contributed by atoms with Gasteiger partial charge >= 0.3 is 0 Å². The van der Waals surface area contributed by atoms with Crippen LogP contribution in [-0.2, 0) is 13.1 Å². The van der Waals surface area contributed by atoms with Crippen LogP contribution in [0.25, 0.3) is 0 Å². The second-order valence-electron chi connectivity index (χ2n) is 7.80.